The Kier molecular flexibility index (Phi) is 6.45. The second-order valence-corrected chi connectivity index (χ2v) is 7.31. The van der Waals surface area contributed by atoms with Crippen LogP contribution in [-0.2, 0) is 10.2 Å². The number of amides is 3. The van der Waals surface area contributed by atoms with Crippen LogP contribution in [-0.4, -0.2) is 25.1 Å². The Morgan fingerprint density at radius 1 is 0.963 bits per heavy atom. The van der Waals surface area contributed by atoms with Crippen LogP contribution in [0.3, 0.4) is 0 Å². The second kappa shape index (κ2) is 8.58. The van der Waals surface area contributed by atoms with Gasteiger partial charge in [-0.3, -0.25) is 4.79 Å². The van der Waals surface area contributed by atoms with E-state index >= 15 is 0 Å². The Balaban J connectivity index is 1.97. The van der Waals surface area contributed by atoms with Crippen molar-refractivity contribution < 1.29 is 14.3 Å². The van der Waals surface area contributed by atoms with Crippen LogP contribution in [0.15, 0.2) is 48.5 Å². The normalized spacial score (nSPS) is 12.0. The zero-order valence-corrected chi connectivity index (χ0v) is 16.4. The molecule has 0 aliphatic carbocycles. The van der Waals surface area contributed by atoms with E-state index in [0.29, 0.717) is 17.1 Å². The maximum absolute atomic E-state index is 12.4. The summed E-state index contributed by atoms with van der Waals surface area (Å²) in [6, 6.07) is 14.3. The summed E-state index contributed by atoms with van der Waals surface area (Å²) in [6.07, 6.45) is -0.649. The van der Waals surface area contributed by atoms with Crippen LogP contribution in [0.5, 0.6) is 5.75 Å². The first kappa shape index (κ1) is 20.3. The van der Waals surface area contributed by atoms with E-state index in [9.17, 15) is 9.59 Å². The molecule has 0 saturated heterocycles. The third kappa shape index (κ3) is 6.02. The van der Waals surface area contributed by atoms with Crippen molar-refractivity contribution in [3.05, 3.63) is 54.1 Å². The number of ether oxygens (including phenoxy) is 1. The molecule has 0 saturated carbocycles. The molecule has 1 atom stereocenters. The summed E-state index contributed by atoms with van der Waals surface area (Å²) in [5.41, 5.74) is 2.42. The fourth-order valence-corrected chi connectivity index (χ4v) is 2.37. The molecule has 2 aromatic rings. The maximum atomic E-state index is 12.4. The van der Waals surface area contributed by atoms with Crippen molar-refractivity contribution >= 4 is 23.3 Å². The van der Waals surface area contributed by atoms with Gasteiger partial charge in [0.05, 0.1) is 0 Å². The summed E-state index contributed by atoms with van der Waals surface area (Å²) in [5, 5.41) is 7.94. The lowest BCUT2D eigenvalue weighted by molar-refractivity contribution is -0.122. The molecule has 3 N–H and O–H groups in total. The van der Waals surface area contributed by atoms with E-state index in [4.69, 9.17) is 4.74 Å². The highest BCUT2D eigenvalue weighted by Crippen LogP contribution is 2.26. The summed E-state index contributed by atoms with van der Waals surface area (Å²) in [5.74, 6) is 0.415. The van der Waals surface area contributed by atoms with E-state index in [1.54, 1.807) is 38.2 Å². The van der Waals surface area contributed by atoms with Gasteiger partial charge in [0.15, 0.2) is 6.10 Å². The standard InChI is InChI=1S/C21H27N3O3/c1-14(27-18-8-6-7-15(13-18)21(2,3)4)19(25)23-16-9-11-17(12-10-16)24-20(26)22-5/h6-14H,1-5H3,(H,23,25)(H2,22,24,26). The third-order valence-corrected chi connectivity index (χ3v) is 4.02. The predicted molar refractivity (Wildman–Crippen MR) is 108 cm³/mol. The topological polar surface area (TPSA) is 79.5 Å². The Hall–Kier alpha value is -3.02. The SMILES string of the molecule is CNC(=O)Nc1ccc(NC(=O)C(C)Oc2cccc(C(C)(C)C)c2)cc1. The van der Waals surface area contributed by atoms with Gasteiger partial charge in [0, 0.05) is 18.4 Å². The van der Waals surface area contributed by atoms with Gasteiger partial charge in [-0.25, -0.2) is 4.79 Å². The number of nitrogens with one attached hydrogen (secondary N) is 3. The summed E-state index contributed by atoms with van der Waals surface area (Å²) in [6.45, 7) is 8.10. The first-order chi connectivity index (χ1) is 12.7. The molecule has 1 unspecified atom stereocenters. The number of rotatable bonds is 5. The van der Waals surface area contributed by atoms with Gasteiger partial charge in [0.1, 0.15) is 5.75 Å². The number of carbonyl (C=O) groups is 2. The number of hydrogen-bond acceptors (Lipinski definition) is 3. The highest BCUT2D eigenvalue weighted by atomic mass is 16.5. The molecule has 6 heteroatoms. The zero-order chi connectivity index (χ0) is 20.0. The molecule has 6 nitrogen and oxygen atoms in total. The molecule has 0 aliphatic heterocycles. The zero-order valence-electron chi connectivity index (χ0n) is 16.4. The Bertz CT molecular complexity index is 795. The van der Waals surface area contributed by atoms with Crippen LogP contribution in [0, 0.1) is 0 Å². The van der Waals surface area contributed by atoms with Gasteiger partial charge in [-0.05, 0) is 54.3 Å². The van der Waals surface area contributed by atoms with Crippen molar-refractivity contribution in [1.29, 1.82) is 0 Å². The average molecular weight is 369 g/mol. The molecule has 2 rings (SSSR count). The molecule has 0 bridgehead atoms. The van der Waals surface area contributed by atoms with E-state index in [0.717, 1.165) is 5.56 Å². The Morgan fingerprint density at radius 2 is 1.56 bits per heavy atom. The highest BCUT2D eigenvalue weighted by molar-refractivity contribution is 5.94. The van der Waals surface area contributed by atoms with Gasteiger partial charge in [0.25, 0.3) is 5.91 Å². The largest absolute Gasteiger partial charge is 0.481 e. The number of carbonyl (C=O) groups excluding carboxylic acids is 2. The van der Waals surface area contributed by atoms with Gasteiger partial charge in [-0.15, -0.1) is 0 Å². The van der Waals surface area contributed by atoms with Crippen LogP contribution in [0.4, 0.5) is 16.2 Å². The molecule has 27 heavy (non-hydrogen) atoms. The lowest BCUT2D eigenvalue weighted by Crippen LogP contribution is -2.30. The minimum atomic E-state index is -0.649. The Morgan fingerprint density at radius 3 is 2.11 bits per heavy atom. The minimum absolute atomic E-state index is 0.00925. The van der Waals surface area contributed by atoms with Crippen molar-refractivity contribution in [3.8, 4) is 5.75 Å². The molecular formula is C21H27N3O3. The summed E-state index contributed by atoms with van der Waals surface area (Å²) in [4.78, 5) is 23.7. The van der Waals surface area contributed by atoms with Crippen molar-refractivity contribution in [2.75, 3.05) is 17.7 Å². The average Bonchev–Trinajstić information content (AvgIpc) is 2.62. The van der Waals surface area contributed by atoms with Gasteiger partial charge in [0.2, 0.25) is 0 Å². The Labute approximate surface area is 160 Å². The first-order valence-electron chi connectivity index (χ1n) is 8.86. The molecule has 0 fully saturated rings. The smallest absolute Gasteiger partial charge is 0.318 e. The van der Waals surface area contributed by atoms with E-state index in [2.05, 4.69) is 36.7 Å². The van der Waals surface area contributed by atoms with Crippen molar-refractivity contribution in [2.24, 2.45) is 0 Å². The maximum Gasteiger partial charge on any atom is 0.318 e. The van der Waals surface area contributed by atoms with Crippen molar-refractivity contribution in [1.82, 2.24) is 5.32 Å². The highest BCUT2D eigenvalue weighted by Gasteiger charge is 2.17. The quantitative estimate of drug-likeness (QED) is 0.741. The lowest BCUT2D eigenvalue weighted by Gasteiger charge is -2.21. The summed E-state index contributed by atoms with van der Waals surface area (Å²) < 4.78 is 5.80. The third-order valence-electron chi connectivity index (χ3n) is 4.02. The van der Waals surface area contributed by atoms with E-state index in [1.807, 2.05) is 24.3 Å². The molecular weight excluding hydrogens is 342 g/mol. The minimum Gasteiger partial charge on any atom is -0.481 e. The number of hydrogen-bond donors (Lipinski definition) is 3. The van der Waals surface area contributed by atoms with Crippen LogP contribution < -0.4 is 20.7 Å². The molecule has 0 radical (unpaired) electrons. The lowest BCUT2D eigenvalue weighted by atomic mass is 9.87. The van der Waals surface area contributed by atoms with Gasteiger partial charge >= 0.3 is 6.03 Å². The van der Waals surface area contributed by atoms with Crippen LogP contribution in [0.2, 0.25) is 0 Å². The molecule has 144 valence electrons. The van der Waals surface area contributed by atoms with Crippen molar-refractivity contribution in [3.63, 3.8) is 0 Å². The molecule has 0 aromatic heterocycles. The van der Waals surface area contributed by atoms with E-state index in [-0.39, 0.29) is 17.4 Å². The van der Waals surface area contributed by atoms with E-state index in [1.165, 1.54) is 0 Å². The van der Waals surface area contributed by atoms with Gasteiger partial charge in [-0.1, -0.05) is 32.9 Å². The molecule has 3 amide bonds. The van der Waals surface area contributed by atoms with Gasteiger partial charge < -0.3 is 20.7 Å². The number of anilines is 2. The monoisotopic (exact) mass is 369 g/mol. The predicted octanol–water partition coefficient (Wildman–Crippen LogP) is 4.14. The van der Waals surface area contributed by atoms with Crippen LogP contribution in [0.1, 0.15) is 33.3 Å². The number of benzene rings is 2. The summed E-state index contributed by atoms with van der Waals surface area (Å²) >= 11 is 0. The first-order valence-corrected chi connectivity index (χ1v) is 8.86. The van der Waals surface area contributed by atoms with Crippen LogP contribution >= 0.6 is 0 Å². The fraction of sp³-hybridized carbons (Fsp3) is 0.333. The second-order valence-electron chi connectivity index (χ2n) is 7.31. The van der Waals surface area contributed by atoms with Crippen molar-refractivity contribution in [2.45, 2.75) is 39.2 Å². The molecule has 0 heterocycles. The fourth-order valence-electron chi connectivity index (χ4n) is 2.37. The van der Waals surface area contributed by atoms with Crippen LogP contribution in [0.25, 0.3) is 0 Å². The van der Waals surface area contributed by atoms with E-state index < -0.39 is 6.10 Å². The van der Waals surface area contributed by atoms with Gasteiger partial charge in [-0.2, -0.15) is 0 Å². The number of urea groups is 1. The molecule has 0 aliphatic rings. The molecule has 0 spiro atoms. The molecule has 2 aromatic carbocycles. The summed E-state index contributed by atoms with van der Waals surface area (Å²) in [7, 11) is 1.54.